The predicted molar refractivity (Wildman–Crippen MR) is 64.8 cm³/mol. The van der Waals surface area contributed by atoms with Gasteiger partial charge in [0.2, 0.25) is 5.91 Å². The number of hydrogen-bond acceptors (Lipinski definition) is 3. The molecule has 0 saturated heterocycles. The molecule has 0 spiro atoms. The molecular formula is C12H22N2O2. The van der Waals surface area contributed by atoms with E-state index >= 15 is 0 Å². The van der Waals surface area contributed by atoms with Crippen LogP contribution in [-0.2, 0) is 9.53 Å². The third kappa shape index (κ3) is 8.27. The standard InChI is InChI=1S/C12H22N2O2/c1-3-5-9-16-10-6-8-14-12(15)11(13)7-4-2/h2,11H,3,5-10,13H2,1H3,(H,14,15). The first-order valence-electron chi connectivity index (χ1n) is 5.76. The number of rotatable bonds is 9. The van der Waals surface area contributed by atoms with Crippen molar-refractivity contribution in [3.63, 3.8) is 0 Å². The maximum absolute atomic E-state index is 11.3. The summed E-state index contributed by atoms with van der Waals surface area (Å²) >= 11 is 0. The van der Waals surface area contributed by atoms with Crippen molar-refractivity contribution < 1.29 is 9.53 Å². The summed E-state index contributed by atoms with van der Waals surface area (Å²) in [5.74, 6) is 2.17. The minimum Gasteiger partial charge on any atom is -0.381 e. The van der Waals surface area contributed by atoms with E-state index < -0.39 is 6.04 Å². The van der Waals surface area contributed by atoms with E-state index in [1.807, 2.05) is 0 Å². The maximum Gasteiger partial charge on any atom is 0.237 e. The first kappa shape index (κ1) is 14.9. The zero-order valence-corrected chi connectivity index (χ0v) is 10.00. The molecule has 0 bridgehead atoms. The van der Waals surface area contributed by atoms with Crippen LogP contribution in [0.15, 0.2) is 0 Å². The molecule has 0 radical (unpaired) electrons. The lowest BCUT2D eigenvalue weighted by atomic mass is 10.2. The van der Waals surface area contributed by atoms with Gasteiger partial charge < -0.3 is 15.8 Å². The van der Waals surface area contributed by atoms with Crippen molar-refractivity contribution in [1.29, 1.82) is 0 Å². The fourth-order valence-corrected chi connectivity index (χ4v) is 1.09. The zero-order chi connectivity index (χ0) is 12.2. The van der Waals surface area contributed by atoms with Crippen LogP contribution < -0.4 is 11.1 Å². The lowest BCUT2D eigenvalue weighted by Crippen LogP contribution is -2.40. The van der Waals surface area contributed by atoms with E-state index in [1.54, 1.807) is 0 Å². The molecule has 0 aliphatic carbocycles. The fraction of sp³-hybridized carbons (Fsp3) is 0.750. The minimum atomic E-state index is -0.592. The van der Waals surface area contributed by atoms with Gasteiger partial charge in [-0.3, -0.25) is 4.79 Å². The third-order valence-corrected chi connectivity index (χ3v) is 2.08. The topological polar surface area (TPSA) is 64.4 Å². The van der Waals surface area contributed by atoms with Crippen molar-refractivity contribution in [2.75, 3.05) is 19.8 Å². The molecule has 1 unspecified atom stereocenters. The molecule has 3 N–H and O–H groups in total. The Kier molecular flexibility index (Phi) is 9.78. The highest BCUT2D eigenvalue weighted by Gasteiger charge is 2.10. The smallest absolute Gasteiger partial charge is 0.237 e. The molecule has 0 heterocycles. The monoisotopic (exact) mass is 226 g/mol. The average Bonchev–Trinajstić information content (AvgIpc) is 2.28. The van der Waals surface area contributed by atoms with E-state index in [2.05, 4.69) is 18.2 Å². The minimum absolute atomic E-state index is 0.188. The summed E-state index contributed by atoms with van der Waals surface area (Å²) in [6.07, 6.45) is 8.36. The van der Waals surface area contributed by atoms with Crippen molar-refractivity contribution in [2.24, 2.45) is 5.73 Å². The molecule has 1 atom stereocenters. The van der Waals surface area contributed by atoms with Gasteiger partial charge in [-0.15, -0.1) is 12.3 Å². The number of unbranched alkanes of at least 4 members (excludes halogenated alkanes) is 1. The van der Waals surface area contributed by atoms with Gasteiger partial charge in [-0.05, 0) is 12.8 Å². The molecule has 0 aromatic heterocycles. The molecule has 0 rings (SSSR count). The van der Waals surface area contributed by atoms with Crippen molar-refractivity contribution in [3.05, 3.63) is 0 Å². The van der Waals surface area contributed by atoms with Gasteiger partial charge in [0, 0.05) is 26.2 Å². The second kappa shape index (κ2) is 10.5. The SMILES string of the molecule is C#CCC(N)C(=O)NCCCOCCCC. The van der Waals surface area contributed by atoms with Crippen LogP contribution in [0.2, 0.25) is 0 Å². The van der Waals surface area contributed by atoms with Gasteiger partial charge in [-0.1, -0.05) is 13.3 Å². The molecule has 0 aromatic rings. The van der Waals surface area contributed by atoms with Crippen molar-refractivity contribution >= 4 is 5.91 Å². The van der Waals surface area contributed by atoms with E-state index in [4.69, 9.17) is 16.9 Å². The molecule has 4 heteroatoms. The number of terminal acetylenes is 1. The highest BCUT2D eigenvalue weighted by atomic mass is 16.5. The van der Waals surface area contributed by atoms with E-state index in [0.29, 0.717) is 13.2 Å². The van der Waals surface area contributed by atoms with Crippen LogP contribution in [0.5, 0.6) is 0 Å². The number of carbonyl (C=O) groups is 1. The van der Waals surface area contributed by atoms with Crippen LogP contribution in [0.25, 0.3) is 0 Å². The molecule has 4 nitrogen and oxygen atoms in total. The summed E-state index contributed by atoms with van der Waals surface area (Å²) in [7, 11) is 0. The van der Waals surface area contributed by atoms with Crippen molar-refractivity contribution in [2.45, 2.75) is 38.6 Å². The predicted octanol–water partition coefficient (Wildman–Crippen LogP) is 0.660. The first-order chi connectivity index (χ1) is 7.72. The molecule has 0 aliphatic heterocycles. The van der Waals surface area contributed by atoms with Gasteiger partial charge in [0.05, 0.1) is 6.04 Å². The highest BCUT2D eigenvalue weighted by molar-refractivity contribution is 5.81. The second-order valence-electron chi connectivity index (χ2n) is 3.63. The number of ether oxygens (including phenoxy) is 1. The number of carbonyl (C=O) groups excluding carboxylic acids is 1. The van der Waals surface area contributed by atoms with Crippen LogP contribution in [-0.4, -0.2) is 31.7 Å². The summed E-state index contributed by atoms with van der Waals surface area (Å²) in [5, 5.41) is 2.72. The first-order valence-corrected chi connectivity index (χ1v) is 5.76. The Hall–Kier alpha value is -1.05. The normalized spacial score (nSPS) is 11.8. The van der Waals surface area contributed by atoms with Gasteiger partial charge in [0.1, 0.15) is 0 Å². The van der Waals surface area contributed by atoms with E-state index in [1.165, 1.54) is 0 Å². The third-order valence-electron chi connectivity index (χ3n) is 2.08. The summed E-state index contributed by atoms with van der Waals surface area (Å²) in [5.41, 5.74) is 5.52. The van der Waals surface area contributed by atoms with Crippen LogP contribution >= 0.6 is 0 Å². The summed E-state index contributed by atoms with van der Waals surface area (Å²) in [6.45, 7) is 4.17. The van der Waals surface area contributed by atoms with Crippen LogP contribution in [0, 0.1) is 12.3 Å². The molecule has 0 aromatic carbocycles. The number of nitrogens with one attached hydrogen (secondary N) is 1. The fourth-order valence-electron chi connectivity index (χ4n) is 1.09. The summed E-state index contributed by atoms with van der Waals surface area (Å²) < 4.78 is 5.35. The Balaban J connectivity index is 3.31. The summed E-state index contributed by atoms with van der Waals surface area (Å²) in [4.78, 5) is 11.3. The van der Waals surface area contributed by atoms with E-state index in [0.717, 1.165) is 25.9 Å². The molecule has 92 valence electrons. The lowest BCUT2D eigenvalue weighted by Gasteiger charge is -2.09. The molecular weight excluding hydrogens is 204 g/mol. The number of amides is 1. The van der Waals surface area contributed by atoms with Gasteiger partial charge >= 0.3 is 0 Å². The van der Waals surface area contributed by atoms with Crippen molar-refractivity contribution in [1.82, 2.24) is 5.32 Å². The molecule has 1 amide bonds. The quantitative estimate of drug-likeness (QED) is 0.448. The molecule has 16 heavy (non-hydrogen) atoms. The Morgan fingerprint density at radius 1 is 1.50 bits per heavy atom. The zero-order valence-electron chi connectivity index (χ0n) is 10.00. The Labute approximate surface area is 97.9 Å². The highest BCUT2D eigenvalue weighted by Crippen LogP contribution is 1.90. The Morgan fingerprint density at radius 2 is 2.19 bits per heavy atom. The number of nitrogens with two attached hydrogens (primary N) is 1. The Bertz CT molecular complexity index is 224. The van der Waals surface area contributed by atoms with E-state index in [-0.39, 0.29) is 12.3 Å². The van der Waals surface area contributed by atoms with E-state index in [9.17, 15) is 4.79 Å². The maximum atomic E-state index is 11.3. The lowest BCUT2D eigenvalue weighted by molar-refractivity contribution is -0.122. The molecule has 0 saturated carbocycles. The van der Waals surface area contributed by atoms with Gasteiger partial charge in [0.25, 0.3) is 0 Å². The average molecular weight is 226 g/mol. The van der Waals surface area contributed by atoms with Gasteiger partial charge in [-0.25, -0.2) is 0 Å². The largest absolute Gasteiger partial charge is 0.381 e. The van der Waals surface area contributed by atoms with Crippen molar-refractivity contribution in [3.8, 4) is 12.3 Å². The van der Waals surface area contributed by atoms with Gasteiger partial charge in [-0.2, -0.15) is 0 Å². The van der Waals surface area contributed by atoms with Gasteiger partial charge in [0.15, 0.2) is 0 Å². The second-order valence-corrected chi connectivity index (χ2v) is 3.63. The number of hydrogen-bond donors (Lipinski definition) is 2. The summed E-state index contributed by atoms with van der Waals surface area (Å²) in [6, 6.07) is -0.592. The van der Waals surface area contributed by atoms with Crippen LogP contribution in [0.4, 0.5) is 0 Å². The Morgan fingerprint density at radius 3 is 2.81 bits per heavy atom. The van der Waals surface area contributed by atoms with Crippen LogP contribution in [0.1, 0.15) is 32.6 Å². The van der Waals surface area contributed by atoms with Crippen LogP contribution in [0.3, 0.4) is 0 Å². The molecule has 0 aliphatic rings. The molecule has 0 fully saturated rings.